The maximum absolute atomic E-state index is 12.7. The molecule has 5 nitrogen and oxygen atoms in total. The molecule has 2 aromatic carbocycles. The third kappa shape index (κ3) is 4.31. The number of hydrogen-bond donors (Lipinski definition) is 0. The molecule has 1 fully saturated rings. The number of carbonyl (C=O) groups excluding carboxylic acids is 1. The van der Waals surface area contributed by atoms with E-state index in [0.717, 1.165) is 53.6 Å². The molecule has 5 rings (SSSR count). The predicted octanol–water partition coefficient (Wildman–Crippen LogP) is 5.65. The smallest absolute Gasteiger partial charge is 0.286 e. The summed E-state index contributed by atoms with van der Waals surface area (Å²) in [6, 6.07) is 17.5. The van der Waals surface area contributed by atoms with Gasteiger partial charge in [-0.25, -0.2) is 4.68 Å². The molecule has 1 aromatic heterocycles. The molecule has 156 valence electrons. The quantitative estimate of drug-likeness (QED) is 0.486. The zero-order valence-electron chi connectivity index (χ0n) is 16.9. The Kier molecular flexibility index (Phi) is 5.66. The number of aromatic nitrogens is 2. The Bertz CT molecular complexity index is 1160. The first-order chi connectivity index (χ1) is 15.2. The normalized spacial score (nSPS) is 18.0. The third-order valence-corrected chi connectivity index (χ3v) is 6.70. The van der Waals surface area contributed by atoms with Gasteiger partial charge < -0.3 is 4.90 Å². The van der Waals surface area contributed by atoms with Crippen molar-refractivity contribution in [1.29, 1.82) is 0 Å². The van der Waals surface area contributed by atoms with Crippen LogP contribution in [0.15, 0.2) is 70.7 Å². The summed E-state index contributed by atoms with van der Waals surface area (Å²) in [6.07, 6.45) is 7.41. The number of piperidine rings is 1. The van der Waals surface area contributed by atoms with Crippen molar-refractivity contribution >= 4 is 40.5 Å². The van der Waals surface area contributed by atoms with Crippen LogP contribution in [0.1, 0.15) is 24.8 Å². The largest absolute Gasteiger partial charge is 0.351 e. The fourth-order valence-corrected chi connectivity index (χ4v) is 4.88. The molecular formula is C24H21ClN4OS. The van der Waals surface area contributed by atoms with Crippen LogP contribution in [0.3, 0.4) is 0 Å². The van der Waals surface area contributed by atoms with Gasteiger partial charge in [-0.3, -0.25) is 4.79 Å². The standard InChI is InChI=1S/C24H21ClN4OS/c25-19-11-9-17(10-12-19)22-18(16-29(27-22)20-7-3-1-4-8-20)15-21-23(30)26-24(31-21)28-13-5-2-6-14-28/h1,3-4,7-12,15-16H,2,5-6,13-14H2/b21-15-. The lowest BCUT2D eigenvalue weighted by Crippen LogP contribution is -2.33. The Morgan fingerprint density at radius 1 is 0.968 bits per heavy atom. The van der Waals surface area contributed by atoms with Crippen LogP contribution in [0.25, 0.3) is 23.0 Å². The van der Waals surface area contributed by atoms with Crippen LogP contribution < -0.4 is 0 Å². The van der Waals surface area contributed by atoms with Crippen LogP contribution in [-0.2, 0) is 4.79 Å². The first-order valence-electron chi connectivity index (χ1n) is 10.4. The van der Waals surface area contributed by atoms with Gasteiger partial charge in [0.2, 0.25) is 0 Å². The van der Waals surface area contributed by atoms with Crippen molar-refractivity contribution in [2.24, 2.45) is 4.99 Å². The number of para-hydroxylation sites is 1. The zero-order valence-corrected chi connectivity index (χ0v) is 18.4. The Morgan fingerprint density at radius 2 is 1.71 bits per heavy atom. The molecule has 0 radical (unpaired) electrons. The van der Waals surface area contributed by atoms with Gasteiger partial charge in [-0.1, -0.05) is 41.9 Å². The van der Waals surface area contributed by atoms with Crippen LogP contribution >= 0.6 is 23.4 Å². The van der Waals surface area contributed by atoms with Crippen LogP contribution in [0.5, 0.6) is 0 Å². The lowest BCUT2D eigenvalue weighted by Gasteiger charge is -2.27. The van der Waals surface area contributed by atoms with E-state index in [9.17, 15) is 4.79 Å². The second-order valence-electron chi connectivity index (χ2n) is 7.58. The number of hydrogen-bond acceptors (Lipinski definition) is 4. The highest BCUT2D eigenvalue weighted by Gasteiger charge is 2.27. The summed E-state index contributed by atoms with van der Waals surface area (Å²) in [7, 11) is 0. The number of rotatable bonds is 3. The number of halogens is 1. The summed E-state index contributed by atoms with van der Waals surface area (Å²) in [5, 5.41) is 6.31. The van der Waals surface area contributed by atoms with E-state index in [0.29, 0.717) is 9.93 Å². The molecule has 1 amide bonds. The van der Waals surface area contributed by atoms with Crippen molar-refractivity contribution in [1.82, 2.24) is 14.7 Å². The monoisotopic (exact) mass is 448 g/mol. The number of amides is 1. The Balaban J connectivity index is 1.51. The van der Waals surface area contributed by atoms with E-state index in [1.54, 1.807) is 0 Å². The first kappa shape index (κ1) is 20.1. The molecule has 0 bridgehead atoms. The first-order valence-corrected chi connectivity index (χ1v) is 11.6. The molecule has 7 heteroatoms. The van der Waals surface area contributed by atoms with Gasteiger partial charge in [0, 0.05) is 35.4 Å². The van der Waals surface area contributed by atoms with Crippen molar-refractivity contribution in [2.75, 3.05) is 13.1 Å². The minimum absolute atomic E-state index is 0.180. The average molecular weight is 449 g/mol. The molecule has 0 spiro atoms. The summed E-state index contributed by atoms with van der Waals surface area (Å²) >= 11 is 7.54. The molecule has 0 aliphatic carbocycles. The fourth-order valence-electron chi connectivity index (χ4n) is 3.80. The van der Waals surface area contributed by atoms with Crippen LogP contribution in [0.4, 0.5) is 0 Å². The molecule has 0 unspecified atom stereocenters. The number of carbonyl (C=O) groups is 1. The van der Waals surface area contributed by atoms with Gasteiger partial charge in [-0.05, 0) is 61.4 Å². The molecule has 3 heterocycles. The van der Waals surface area contributed by atoms with Crippen molar-refractivity contribution in [2.45, 2.75) is 19.3 Å². The molecule has 2 aliphatic heterocycles. The Morgan fingerprint density at radius 3 is 2.45 bits per heavy atom. The summed E-state index contributed by atoms with van der Waals surface area (Å²) in [5.41, 5.74) is 3.57. The van der Waals surface area contributed by atoms with Gasteiger partial charge in [-0.2, -0.15) is 10.1 Å². The lowest BCUT2D eigenvalue weighted by atomic mass is 10.1. The molecule has 3 aromatic rings. The summed E-state index contributed by atoms with van der Waals surface area (Å²) in [4.78, 5) is 19.8. The SMILES string of the molecule is O=C1N=C(N2CCCCC2)S/C1=C\c1cn(-c2ccccc2)nc1-c1ccc(Cl)cc1. The van der Waals surface area contributed by atoms with E-state index in [1.807, 2.05) is 71.6 Å². The van der Waals surface area contributed by atoms with E-state index >= 15 is 0 Å². The predicted molar refractivity (Wildman–Crippen MR) is 127 cm³/mol. The minimum atomic E-state index is -0.180. The molecule has 0 N–H and O–H groups in total. The highest BCUT2D eigenvalue weighted by Crippen LogP contribution is 2.34. The van der Waals surface area contributed by atoms with Gasteiger partial charge in [0.15, 0.2) is 5.17 Å². The number of amidine groups is 1. The van der Waals surface area contributed by atoms with E-state index in [4.69, 9.17) is 16.7 Å². The van der Waals surface area contributed by atoms with Crippen molar-refractivity contribution in [3.63, 3.8) is 0 Å². The van der Waals surface area contributed by atoms with Gasteiger partial charge >= 0.3 is 0 Å². The maximum Gasteiger partial charge on any atom is 0.286 e. The second-order valence-corrected chi connectivity index (χ2v) is 9.02. The lowest BCUT2D eigenvalue weighted by molar-refractivity contribution is -0.113. The average Bonchev–Trinajstić information content (AvgIpc) is 3.40. The van der Waals surface area contributed by atoms with Gasteiger partial charge in [-0.15, -0.1) is 0 Å². The van der Waals surface area contributed by atoms with Crippen molar-refractivity contribution < 1.29 is 4.79 Å². The van der Waals surface area contributed by atoms with Gasteiger partial charge in [0.25, 0.3) is 5.91 Å². The highest BCUT2D eigenvalue weighted by molar-refractivity contribution is 8.18. The second kappa shape index (κ2) is 8.73. The summed E-state index contributed by atoms with van der Waals surface area (Å²) < 4.78 is 1.84. The topological polar surface area (TPSA) is 50.5 Å². The molecule has 0 atom stereocenters. The number of benzene rings is 2. The Labute approximate surface area is 190 Å². The number of nitrogens with zero attached hydrogens (tertiary/aromatic N) is 4. The van der Waals surface area contributed by atoms with Crippen molar-refractivity contribution in [3.8, 4) is 16.9 Å². The van der Waals surface area contributed by atoms with E-state index in [-0.39, 0.29) is 5.91 Å². The molecule has 2 aliphatic rings. The van der Waals surface area contributed by atoms with Crippen LogP contribution in [-0.4, -0.2) is 38.8 Å². The van der Waals surface area contributed by atoms with E-state index in [2.05, 4.69) is 9.89 Å². The Hall–Kier alpha value is -2.83. The van der Waals surface area contributed by atoms with Crippen LogP contribution in [0, 0.1) is 0 Å². The fraction of sp³-hybridized carbons (Fsp3) is 0.208. The number of likely N-dealkylation sites (tertiary alicyclic amines) is 1. The maximum atomic E-state index is 12.7. The number of thioether (sulfide) groups is 1. The van der Waals surface area contributed by atoms with Crippen LogP contribution in [0.2, 0.25) is 5.02 Å². The van der Waals surface area contributed by atoms with E-state index in [1.165, 1.54) is 18.2 Å². The molecule has 1 saturated heterocycles. The molecule has 31 heavy (non-hydrogen) atoms. The highest BCUT2D eigenvalue weighted by atomic mass is 35.5. The summed E-state index contributed by atoms with van der Waals surface area (Å²) in [6.45, 7) is 1.93. The van der Waals surface area contributed by atoms with E-state index < -0.39 is 0 Å². The minimum Gasteiger partial charge on any atom is -0.351 e. The molecule has 0 saturated carbocycles. The van der Waals surface area contributed by atoms with Gasteiger partial charge in [0.1, 0.15) is 0 Å². The molecular weight excluding hydrogens is 428 g/mol. The van der Waals surface area contributed by atoms with Crippen molar-refractivity contribution in [3.05, 3.63) is 76.3 Å². The number of aliphatic imine (C=N–C) groups is 1. The summed E-state index contributed by atoms with van der Waals surface area (Å²) in [5.74, 6) is -0.180. The third-order valence-electron chi connectivity index (χ3n) is 5.40. The zero-order chi connectivity index (χ0) is 21.2. The van der Waals surface area contributed by atoms with Gasteiger partial charge in [0.05, 0.1) is 16.3 Å².